The summed E-state index contributed by atoms with van der Waals surface area (Å²) in [6.45, 7) is 0.637. The van der Waals surface area contributed by atoms with Crippen molar-refractivity contribution in [1.82, 2.24) is 9.55 Å². The van der Waals surface area contributed by atoms with Crippen molar-refractivity contribution in [3.8, 4) is 5.75 Å². The van der Waals surface area contributed by atoms with Crippen LogP contribution < -0.4 is 10.1 Å². The summed E-state index contributed by atoms with van der Waals surface area (Å²) >= 11 is 1.45. The van der Waals surface area contributed by atoms with E-state index in [-0.39, 0.29) is 5.91 Å². The molecule has 0 saturated heterocycles. The maximum Gasteiger partial charge on any atom is 0.227 e. The van der Waals surface area contributed by atoms with Gasteiger partial charge in [0.05, 0.1) is 17.3 Å². The molecular weight excluding hydrogens is 334 g/mol. The fourth-order valence-corrected chi connectivity index (χ4v) is 3.74. The Bertz CT molecular complexity index is 1050. The second-order valence-electron chi connectivity index (χ2n) is 5.72. The zero-order valence-electron chi connectivity index (χ0n) is 13.7. The molecule has 0 aliphatic heterocycles. The van der Waals surface area contributed by atoms with Crippen molar-refractivity contribution in [2.45, 2.75) is 13.0 Å². The molecule has 126 valence electrons. The van der Waals surface area contributed by atoms with Crippen LogP contribution in [0.3, 0.4) is 0 Å². The average Bonchev–Trinajstić information content (AvgIpc) is 3.22. The van der Waals surface area contributed by atoms with E-state index in [4.69, 9.17) is 4.74 Å². The van der Waals surface area contributed by atoms with Gasteiger partial charge in [0.15, 0.2) is 5.13 Å². The van der Waals surface area contributed by atoms with Crippen molar-refractivity contribution in [3.63, 3.8) is 0 Å². The van der Waals surface area contributed by atoms with Crippen LogP contribution in [0.1, 0.15) is 6.42 Å². The minimum atomic E-state index is -0.0381. The molecule has 0 radical (unpaired) electrons. The minimum Gasteiger partial charge on any atom is -0.497 e. The van der Waals surface area contributed by atoms with Crippen LogP contribution >= 0.6 is 11.3 Å². The molecule has 2 aromatic heterocycles. The van der Waals surface area contributed by atoms with Gasteiger partial charge in [0.2, 0.25) is 5.91 Å². The normalized spacial score (nSPS) is 11.1. The first-order valence-corrected chi connectivity index (χ1v) is 8.83. The molecule has 5 nitrogen and oxygen atoms in total. The molecule has 4 aromatic rings. The number of amides is 1. The lowest BCUT2D eigenvalue weighted by Gasteiger charge is -2.05. The summed E-state index contributed by atoms with van der Waals surface area (Å²) in [5.41, 5.74) is 2.00. The quantitative estimate of drug-likeness (QED) is 0.583. The molecule has 1 N–H and O–H groups in total. The lowest BCUT2D eigenvalue weighted by molar-refractivity contribution is -0.116. The molecule has 0 aliphatic carbocycles. The van der Waals surface area contributed by atoms with Crippen LogP contribution in [0.2, 0.25) is 0 Å². The summed E-state index contributed by atoms with van der Waals surface area (Å²) < 4.78 is 8.30. The smallest absolute Gasteiger partial charge is 0.227 e. The summed E-state index contributed by atoms with van der Waals surface area (Å²) in [4.78, 5) is 16.7. The molecule has 0 aliphatic rings. The lowest BCUT2D eigenvalue weighted by atomic mass is 10.2. The van der Waals surface area contributed by atoms with Crippen LogP contribution in [0.25, 0.3) is 21.1 Å². The zero-order valence-corrected chi connectivity index (χ0v) is 14.5. The van der Waals surface area contributed by atoms with Gasteiger partial charge in [-0.3, -0.25) is 4.79 Å². The number of aryl methyl sites for hydroxylation is 1. The monoisotopic (exact) mass is 351 g/mol. The molecule has 0 fully saturated rings. The van der Waals surface area contributed by atoms with Gasteiger partial charge in [-0.1, -0.05) is 29.5 Å². The van der Waals surface area contributed by atoms with Crippen LogP contribution in [-0.2, 0) is 11.3 Å². The Morgan fingerprint density at radius 1 is 1.24 bits per heavy atom. The van der Waals surface area contributed by atoms with E-state index in [1.165, 1.54) is 16.7 Å². The fourth-order valence-electron chi connectivity index (χ4n) is 2.82. The largest absolute Gasteiger partial charge is 0.497 e. The number of aromatic nitrogens is 2. The number of benzene rings is 2. The Morgan fingerprint density at radius 3 is 3.00 bits per heavy atom. The number of nitrogens with one attached hydrogen (secondary N) is 1. The third-order valence-corrected chi connectivity index (χ3v) is 5.04. The van der Waals surface area contributed by atoms with Gasteiger partial charge < -0.3 is 14.6 Å². The Balaban J connectivity index is 1.43. The van der Waals surface area contributed by atoms with Gasteiger partial charge in [-0.25, -0.2) is 4.98 Å². The third kappa shape index (κ3) is 3.21. The first kappa shape index (κ1) is 15.7. The number of rotatable bonds is 5. The number of para-hydroxylation sites is 1. The second-order valence-corrected chi connectivity index (χ2v) is 6.75. The van der Waals surface area contributed by atoms with E-state index in [2.05, 4.69) is 33.1 Å². The number of hydrogen-bond donors (Lipinski definition) is 1. The third-order valence-electron chi connectivity index (χ3n) is 4.10. The minimum absolute atomic E-state index is 0.0381. The Hall–Kier alpha value is -2.86. The van der Waals surface area contributed by atoms with E-state index < -0.39 is 0 Å². The van der Waals surface area contributed by atoms with Crippen molar-refractivity contribution >= 4 is 43.5 Å². The predicted molar refractivity (Wildman–Crippen MR) is 101 cm³/mol. The maximum absolute atomic E-state index is 12.3. The number of carbonyl (C=O) groups excluding carboxylic acids is 1. The van der Waals surface area contributed by atoms with Gasteiger partial charge in [0.1, 0.15) is 5.75 Å². The van der Waals surface area contributed by atoms with Crippen molar-refractivity contribution in [1.29, 1.82) is 0 Å². The van der Waals surface area contributed by atoms with Gasteiger partial charge in [-0.05, 0) is 35.7 Å². The van der Waals surface area contributed by atoms with E-state index >= 15 is 0 Å². The number of fused-ring (bicyclic) bond motifs is 2. The van der Waals surface area contributed by atoms with Gasteiger partial charge >= 0.3 is 0 Å². The summed E-state index contributed by atoms with van der Waals surface area (Å²) in [5.74, 6) is 0.748. The van der Waals surface area contributed by atoms with E-state index in [1.807, 2.05) is 36.5 Å². The number of nitrogens with zero attached hydrogens (tertiary/aromatic N) is 2. The Kier molecular flexibility index (Phi) is 4.11. The molecule has 0 spiro atoms. The number of methoxy groups -OCH3 is 1. The van der Waals surface area contributed by atoms with Gasteiger partial charge in [0.25, 0.3) is 0 Å². The maximum atomic E-state index is 12.3. The second kappa shape index (κ2) is 6.57. The molecule has 4 rings (SSSR count). The van der Waals surface area contributed by atoms with Crippen molar-refractivity contribution in [3.05, 3.63) is 54.7 Å². The van der Waals surface area contributed by atoms with Crippen LogP contribution in [0.4, 0.5) is 5.13 Å². The molecule has 25 heavy (non-hydrogen) atoms. The molecule has 1 amide bonds. The summed E-state index contributed by atoms with van der Waals surface area (Å²) in [6.07, 6.45) is 2.42. The van der Waals surface area contributed by atoms with E-state index in [0.29, 0.717) is 18.1 Å². The molecular formula is C19H17N3O2S. The zero-order chi connectivity index (χ0) is 17.2. The van der Waals surface area contributed by atoms with E-state index in [9.17, 15) is 4.79 Å². The molecule has 0 atom stereocenters. The number of hydrogen-bond acceptors (Lipinski definition) is 4. The first-order chi connectivity index (χ1) is 12.2. The first-order valence-electron chi connectivity index (χ1n) is 8.01. The average molecular weight is 351 g/mol. The van der Waals surface area contributed by atoms with Crippen LogP contribution in [0.5, 0.6) is 5.75 Å². The van der Waals surface area contributed by atoms with Gasteiger partial charge in [0, 0.05) is 24.7 Å². The van der Waals surface area contributed by atoms with E-state index in [1.54, 1.807) is 7.11 Å². The number of carbonyl (C=O) groups is 1. The van der Waals surface area contributed by atoms with Crippen LogP contribution in [0.15, 0.2) is 54.7 Å². The van der Waals surface area contributed by atoms with Gasteiger partial charge in [-0.15, -0.1) is 0 Å². The molecule has 6 heteroatoms. The molecule has 2 aromatic carbocycles. The summed E-state index contributed by atoms with van der Waals surface area (Å²) in [6, 6.07) is 15.9. The lowest BCUT2D eigenvalue weighted by Crippen LogP contribution is -2.14. The van der Waals surface area contributed by atoms with Crippen molar-refractivity contribution in [2.24, 2.45) is 0 Å². The molecule has 0 unspecified atom stereocenters. The Morgan fingerprint density at radius 2 is 2.12 bits per heavy atom. The van der Waals surface area contributed by atoms with Gasteiger partial charge in [-0.2, -0.15) is 0 Å². The number of thiazole rings is 1. The van der Waals surface area contributed by atoms with Crippen LogP contribution in [-0.4, -0.2) is 22.6 Å². The van der Waals surface area contributed by atoms with Crippen molar-refractivity contribution < 1.29 is 9.53 Å². The van der Waals surface area contributed by atoms with E-state index in [0.717, 1.165) is 21.5 Å². The highest BCUT2D eigenvalue weighted by molar-refractivity contribution is 7.22. The molecule has 2 heterocycles. The summed E-state index contributed by atoms with van der Waals surface area (Å²) in [5, 5.41) is 4.69. The standard InChI is InChI=1S/C19H17N3O2S/c1-24-14-6-7-15-17(12-14)25-19(20-15)21-18(23)9-11-22-10-8-13-4-2-3-5-16(13)22/h2-8,10,12H,9,11H2,1H3,(H,20,21,23). The molecule has 0 saturated carbocycles. The SMILES string of the molecule is COc1ccc2nc(NC(=O)CCn3ccc4ccccc43)sc2c1. The highest BCUT2D eigenvalue weighted by Gasteiger charge is 2.09. The van der Waals surface area contributed by atoms with Crippen molar-refractivity contribution in [2.75, 3.05) is 12.4 Å². The Labute approximate surface area is 148 Å². The summed E-state index contributed by atoms with van der Waals surface area (Å²) in [7, 11) is 1.63. The topological polar surface area (TPSA) is 56.1 Å². The highest BCUT2D eigenvalue weighted by Crippen LogP contribution is 2.29. The molecule has 0 bridgehead atoms. The highest BCUT2D eigenvalue weighted by atomic mass is 32.1. The predicted octanol–water partition coefficient (Wildman–Crippen LogP) is 4.29. The number of ether oxygens (including phenoxy) is 1. The van der Waals surface area contributed by atoms with Crippen LogP contribution in [0, 0.1) is 0 Å². The fraction of sp³-hybridized carbons (Fsp3) is 0.158. The number of anilines is 1.